The molecule has 1 unspecified atom stereocenters. The van der Waals surface area contributed by atoms with Gasteiger partial charge in [0.25, 0.3) is 0 Å². The second-order valence-corrected chi connectivity index (χ2v) is 5.42. The van der Waals surface area contributed by atoms with E-state index in [1.165, 1.54) is 23.8 Å². The van der Waals surface area contributed by atoms with E-state index in [1.807, 2.05) is 18.2 Å². The van der Waals surface area contributed by atoms with E-state index in [2.05, 4.69) is 17.9 Å². The Morgan fingerprint density at radius 3 is 2.86 bits per heavy atom. The molecule has 0 radical (unpaired) electrons. The van der Waals surface area contributed by atoms with Crippen LogP contribution in [0.25, 0.3) is 0 Å². The summed E-state index contributed by atoms with van der Waals surface area (Å²) in [6.07, 6.45) is 0.927. The number of carboxylic acids is 1. The first kappa shape index (κ1) is 13.6. The quantitative estimate of drug-likeness (QED) is 0.938. The van der Waals surface area contributed by atoms with Crippen LogP contribution in [0.1, 0.15) is 28.4 Å². The molecule has 3 rings (SSSR count). The molecule has 0 spiro atoms. The molecule has 0 fully saturated rings. The monoisotopic (exact) mass is 285 g/mol. The highest BCUT2D eigenvalue weighted by molar-refractivity contribution is 5.87. The van der Waals surface area contributed by atoms with Crippen molar-refractivity contribution in [3.63, 3.8) is 0 Å². The Bertz CT molecular complexity index is 699. The Kier molecular flexibility index (Phi) is 3.37. The van der Waals surface area contributed by atoms with Crippen LogP contribution in [0.5, 0.6) is 0 Å². The number of carboxylic acid groups (broad SMARTS) is 1. The molecular formula is C17H16FNO2. The number of fused-ring (bicyclic) bond motifs is 1. The number of hydrogen-bond acceptors (Lipinski definition) is 2. The fraction of sp³-hybridized carbons (Fsp3) is 0.235. The van der Waals surface area contributed by atoms with Gasteiger partial charge in [-0.1, -0.05) is 18.2 Å². The van der Waals surface area contributed by atoms with Gasteiger partial charge in [0, 0.05) is 23.8 Å². The van der Waals surface area contributed by atoms with Gasteiger partial charge in [-0.15, -0.1) is 0 Å². The average molecular weight is 285 g/mol. The van der Waals surface area contributed by atoms with E-state index < -0.39 is 5.97 Å². The van der Waals surface area contributed by atoms with Gasteiger partial charge in [-0.2, -0.15) is 0 Å². The third-order valence-corrected chi connectivity index (χ3v) is 3.98. The van der Waals surface area contributed by atoms with Crippen LogP contribution >= 0.6 is 0 Å². The van der Waals surface area contributed by atoms with E-state index in [0.717, 1.165) is 12.1 Å². The molecule has 1 aliphatic heterocycles. The van der Waals surface area contributed by atoms with E-state index in [-0.39, 0.29) is 17.4 Å². The summed E-state index contributed by atoms with van der Waals surface area (Å²) in [4.78, 5) is 13.2. The molecule has 1 atom stereocenters. The van der Waals surface area contributed by atoms with Gasteiger partial charge in [0.15, 0.2) is 0 Å². The van der Waals surface area contributed by atoms with Gasteiger partial charge in [0.2, 0.25) is 0 Å². The minimum absolute atomic E-state index is 0.117. The maximum Gasteiger partial charge on any atom is 0.335 e. The van der Waals surface area contributed by atoms with Gasteiger partial charge in [0.05, 0.1) is 5.56 Å². The Labute approximate surface area is 122 Å². The van der Waals surface area contributed by atoms with Gasteiger partial charge >= 0.3 is 5.97 Å². The number of hydrogen-bond donors (Lipinski definition) is 1. The summed E-state index contributed by atoms with van der Waals surface area (Å²) in [5.74, 6) is -1.40. The summed E-state index contributed by atoms with van der Waals surface area (Å²) < 4.78 is 14.0. The third-order valence-electron chi connectivity index (χ3n) is 3.98. The van der Waals surface area contributed by atoms with Crippen LogP contribution in [-0.2, 0) is 13.0 Å². The van der Waals surface area contributed by atoms with Crippen molar-refractivity contribution in [2.75, 3.05) is 4.90 Å². The Morgan fingerprint density at radius 1 is 1.33 bits per heavy atom. The van der Waals surface area contributed by atoms with Crippen molar-refractivity contribution in [2.45, 2.75) is 25.9 Å². The highest BCUT2D eigenvalue weighted by Crippen LogP contribution is 2.33. The molecule has 0 aliphatic carbocycles. The molecule has 0 saturated heterocycles. The summed E-state index contributed by atoms with van der Waals surface area (Å²) in [7, 11) is 0. The number of halogens is 1. The first-order valence-electron chi connectivity index (χ1n) is 6.92. The Morgan fingerprint density at radius 2 is 2.10 bits per heavy atom. The molecule has 0 saturated carbocycles. The van der Waals surface area contributed by atoms with Crippen LogP contribution in [0.15, 0.2) is 42.5 Å². The number of carbonyl (C=O) groups is 1. The largest absolute Gasteiger partial charge is 0.478 e. The maximum atomic E-state index is 14.0. The fourth-order valence-electron chi connectivity index (χ4n) is 2.88. The number of benzene rings is 2. The lowest BCUT2D eigenvalue weighted by Gasteiger charge is -2.25. The lowest BCUT2D eigenvalue weighted by Crippen LogP contribution is -2.29. The lowest BCUT2D eigenvalue weighted by atomic mass is 10.1. The van der Waals surface area contributed by atoms with Crippen LogP contribution < -0.4 is 4.90 Å². The zero-order valence-corrected chi connectivity index (χ0v) is 11.7. The molecule has 21 heavy (non-hydrogen) atoms. The molecule has 0 bridgehead atoms. The van der Waals surface area contributed by atoms with Crippen molar-refractivity contribution in [3.8, 4) is 0 Å². The molecule has 1 heterocycles. The molecule has 108 valence electrons. The molecule has 4 heteroatoms. The molecule has 0 aromatic heterocycles. The van der Waals surface area contributed by atoms with Crippen LogP contribution in [0, 0.1) is 5.82 Å². The molecule has 3 nitrogen and oxygen atoms in total. The summed E-state index contributed by atoms with van der Waals surface area (Å²) >= 11 is 0. The van der Waals surface area contributed by atoms with Gasteiger partial charge in [-0.05, 0) is 43.2 Å². The van der Waals surface area contributed by atoms with Crippen LogP contribution in [0.4, 0.5) is 10.1 Å². The number of anilines is 1. The lowest BCUT2D eigenvalue weighted by molar-refractivity contribution is 0.0696. The van der Waals surface area contributed by atoms with Crippen LogP contribution in [-0.4, -0.2) is 17.1 Å². The molecule has 1 aliphatic rings. The zero-order chi connectivity index (χ0) is 15.0. The van der Waals surface area contributed by atoms with Crippen molar-refractivity contribution >= 4 is 11.7 Å². The number of aromatic carboxylic acids is 1. The third kappa shape index (κ3) is 2.49. The van der Waals surface area contributed by atoms with E-state index >= 15 is 0 Å². The first-order valence-corrected chi connectivity index (χ1v) is 6.92. The van der Waals surface area contributed by atoms with E-state index in [1.54, 1.807) is 0 Å². The van der Waals surface area contributed by atoms with E-state index in [0.29, 0.717) is 12.1 Å². The smallest absolute Gasteiger partial charge is 0.335 e. The van der Waals surface area contributed by atoms with E-state index in [9.17, 15) is 9.18 Å². The zero-order valence-electron chi connectivity index (χ0n) is 11.7. The van der Waals surface area contributed by atoms with Crippen LogP contribution in [0.2, 0.25) is 0 Å². The average Bonchev–Trinajstić information content (AvgIpc) is 2.77. The van der Waals surface area contributed by atoms with Gasteiger partial charge in [0.1, 0.15) is 5.82 Å². The summed E-state index contributed by atoms with van der Waals surface area (Å²) in [5, 5.41) is 9.03. The Balaban J connectivity index is 1.94. The molecule has 2 aromatic carbocycles. The standard InChI is InChI=1S/C17H16FNO2/c1-11-8-12-4-2-3-5-16(12)19(11)10-14-9-13(17(20)21)6-7-15(14)18/h2-7,9,11H,8,10H2,1H3,(H,20,21). The van der Waals surface area contributed by atoms with Crippen molar-refractivity contribution in [3.05, 3.63) is 65.0 Å². The molecule has 0 amide bonds. The highest BCUT2D eigenvalue weighted by Gasteiger charge is 2.26. The van der Waals surface area contributed by atoms with Crippen molar-refractivity contribution < 1.29 is 14.3 Å². The number of nitrogens with zero attached hydrogens (tertiary/aromatic N) is 1. The maximum absolute atomic E-state index is 14.0. The number of rotatable bonds is 3. The fourth-order valence-corrected chi connectivity index (χ4v) is 2.88. The van der Waals surface area contributed by atoms with Gasteiger partial charge in [-0.3, -0.25) is 0 Å². The highest BCUT2D eigenvalue weighted by atomic mass is 19.1. The molecule has 2 aromatic rings. The van der Waals surface area contributed by atoms with E-state index in [4.69, 9.17) is 5.11 Å². The predicted octanol–water partition coefficient (Wildman–Crippen LogP) is 3.48. The van der Waals surface area contributed by atoms with Crippen molar-refractivity contribution in [1.29, 1.82) is 0 Å². The second-order valence-electron chi connectivity index (χ2n) is 5.42. The topological polar surface area (TPSA) is 40.5 Å². The van der Waals surface area contributed by atoms with Crippen molar-refractivity contribution in [1.82, 2.24) is 0 Å². The summed E-state index contributed by atoms with van der Waals surface area (Å²) in [5.41, 5.74) is 2.88. The Hall–Kier alpha value is -2.36. The van der Waals surface area contributed by atoms with Gasteiger partial charge < -0.3 is 10.0 Å². The normalized spacial score (nSPS) is 16.9. The molecule has 1 N–H and O–H groups in total. The summed E-state index contributed by atoms with van der Waals surface area (Å²) in [6.45, 7) is 2.48. The van der Waals surface area contributed by atoms with Crippen LogP contribution in [0.3, 0.4) is 0 Å². The first-order chi connectivity index (χ1) is 10.1. The minimum atomic E-state index is -1.04. The van der Waals surface area contributed by atoms with Crippen molar-refractivity contribution in [2.24, 2.45) is 0 Å². The van der Waals surface area contributed by atoms with Gasteiger partial charge in [-0.25, -0.2) is 9.18 Å². The minimum Gasteiger partial charge on any atom is -0.478 e. The molecular weight excluding hydrogens is 269 g/mol. The number of para-hydroxylation sites is 1. The predicted molar refractivity (Wildman–Crippen MR) is 79.2 cm³/mol. The second kappa shape index (κ2) is 5.20. The SMILES string of the molecule is CC1Cc2ccccc2N1Cc1cc(C(=O)O)ccc1F. The summed E-state index contributed by atoms with van der Waals surface area (Å²) in [6, 6.07) is 12.3.